The summed E-state index contributed by atoms with van der Waals surface area (Å²) in [6, 6.07) is 14.6. The second-order valence-corrected chi connectivity index (χ2v) is 7.17. The molecule has 0 fully saturated rings. The zero-order valence-electron chi connectivity index (χ0n) is 18.3. The van der Waals surface area contributed by atoms with Gasteiger partial charge in [0.2, 0.25) is 5.91 Å². The van der Waals surface area contributed by atoms with Crippen LogP contribution in [0, 0.1) is 0 Å². The molecule has 9 nitrogen and oxygen atoms in total. The van der Waals surface area contributed by atoms with Crippen molar-refractivity contribution in [3.63, 3.8) is 0 Å². The Morgan fingerprint density at radius 1 is 0.909 bits per heavy atom. The first-order valence-corrected chi connectivity index (χ1v) is 10.2. The van der Waals surface area contributed by atoms with E-state index in [1.54, 1.807) is 38.5 Å². The maximum absolute atomic E-state index is 12.5. The summed E-state index contributed by atoms with van der Waals surface area (Å²) in [7, 11) is 3.15. The van der Waals surface area contributed by atoms with Crippen LogP contribution in [0.4, 0.5) is 0 Å². The Bertz CT molecular complexity index is 1120. The number of hydrogen-bond acceptors (Lipinski definition) is 7. The molecular weight excluding hydrogens is 428 g/mol. The minimum absolute atomic E-state index is 0.142. The lowest BCUT2D eigenvalue weighted by atomic mass is 9.98. The first kappa shape index (κ1) is 23.5. The third kappa shape index (κ3) is 6.19. The molecule has 0 saturated heterocycles. The number of carbonyl (C=O) groups excluding carboxylic acids is 2. The van der Waals surface area contributed by atoms with E-state index >= 15 is 0 Å². The number of methoxy groups -OCH3 is 2. The largest absolute Gasteiger partial charge is 0.497 e. The van der Waals surface area contributed by atoms with Gasteiger partial charge in [-0.2, -0.15) is 0 Å². The third-order valence-corrected chi connectivity index (χ3v) is 4.93. The number of aliphatic carboxylic acids is 1. The van der Waals surface area contributed by atoms with E-state index in [1.165, 1.54) is 0 Å². The fraction of sp³-hybridized carbons (Fsp3) is 0.250. The van der Waals surface area contributed by atoms with E-state index in [-0.39, 0.29) is 31.6 Å². The highest BCUT2D eigenvalue weighted by Crippen LogP contribution is 2.36. The Labute approximate surface area is 190 Å². The van der Waals surface area contributed by atoms with E-state index in [2.05, 4.69) is 10.5 Å². The van der Waals surface area contributed by atoms with Crippen LogP contribution in [-0.4, -0.2) is 48.7 Å². The van der Waals surface area contributed by atoms with Crippen molar-refractivity contribution in [1.29, 1.82) is 0 Å². The van der Waals surface area contributed by atoms with Crippen molar-refractivity contribution in [2.45, 2.75) is 19.3 Å². The van der Waals surface area contributed by atoms with Gasteiger partial charge in [0.05, 0.1) is 39.2 Å². The molecule has 2 aromatic carbocycles. The Balaban J connectivity index is 1.84. The van der Waals surface area contributed by atoms with Crippen molar-refractivity contribution in [2.24, 2.45) is 0 Å². The van der Waals surface area contributed by atoms with Crippen LogP contribution in [0.15, 0.2) is 53.1 Å². The van der Waals surface area contributed by atoms with Crippen molar-refractivity contribution in [2.75, 3.05) is 20.8 Å². The second-order valence-electron chi connectivity index (χ2n) is 7.17. The van der Waals surface area contributed by atoms with Gasteiger partial charge >= 0.3 is 5.97 Å². The zero-order valence-corrected chi connectivity index (χ0v) is 18.3. The summed E-state index contributed by atoms with van der Waals surface area (Å²) in [5.41, 5.74) is 2.77. The number of carboxylic acids is 1. The summed E-state index contributed by atoms with van der Waals surface area (Å²) in [6.07, 6.45) is -0.559. The van der Waals surface area contributed by atoms with Gasteiger partial charge in [-0.05, 0) is 42.0 Å². The highest BCUT2D eigenvalue weighted by atomic mass is 16.5. The normalized spacial score (nSPS) is 10.5. The first-order chi connectivity index (χ1) is 15.9. The van der Waals surface area contributed by atoms with E-state index in [0.29, 0.717) is 28.5 Å². The number of rotatable bonds is 11. The predicted molar refractivity (Wildman–Crippen MR) is 119 cm³/mol. The van der Waals surface area contributed by atoms with Gasteiger partial charge in [-0.3, -0.25) is 14.4 Å². The molecule has 0 aliphatic rings. The van der Waals surface area contributed by atoms with Gasteiger partial charge in [-0.15, -0.1) is 0 Å². The van der Waals surface area contributed by atoms with Gasteiger partial charge in [0.25, 0.3) is 0 Å². The van der Waals surface area contributed by atoms with E-state index in [9.17, 15) is 14.4 Å². The van der Waals surface area contributed by atoms with E-state index in [0.717, 1.165) is 11.1 Å². The number of nitrogens with zero attached hydrogens (tertiary/aromatic N) is 1. The molecule has 0 spiro atoms. The van der Waals surface area contributed by atoms with Gasteiger partial charge < -0.3 is 24.4 Å². The topological polar surface area (TPSA) is 128 Å². The average Bonchev–Trinajstić information content (AvgIpc) is 3.24. The molecule has 0 saturated carbocycles. The fourth-order valence-electron chi connectivity index (χ4n) is 3.19. The van der Waals surface area contributed by atoms with Crippen molar-refractivity contribution in [3.05, 3.63) is 54.3 Å². The number of amides is 1. The fourth-order valence-corrected chi connectivity index (χ4v) is 3.19. The number of ether oxygens (including phenoxy) is 2. The molecule has 0 unspecified atom stereocenters. The molecule has 1 aromatic heterocycles. The lowest BCUT2D eigenvalue weighted by Crippen LogP contribution is -2.30. The molecule has 0 aliphatic carbocycles. The quantitative estimate of drug-likeness (QED) is 0.454. The van der Waals surface area contributed by atoms with Crippen LogP contribution in [0.3, 0.4) is 0 Å². The maximum atomic E-state index is 12.5. The number of aromatic nitrogens is 1. The molecule has 0 atom stereocenters. The van der Waals surface area contributed by atoms with Crippen LogP contribution < -0.4 is 14.8 Å². The molecular formula is C24H24N2O7. The minimum Gasteiger partial charge on any atom is -0.497 e. The SMILES string of the molecule is COc1ccc(-c2noc(CC(=O)NCC(=O)CCC(=O)O)c2-c2ccc(OC)cc2)cc1. The molecule has 0 aliphatic heterocycles. The monoisotopic (exact) mass is 452 g/mol. The number of ketones is 1. The zero-order chi connectivity index (χ0) is 23.8. The Morgan fingerprint density at radius 3 is 2.03 bits per heavy atom. The van der Waals surface area contributed by atoms with Gasteiger partial charge in [-0.1, -0.05) is 17.3 Å². The molecule has 0 radical (unpaired) electrons. The minimum atomic E-state index is -1.06. The van der Waals surface area contributed by atoms with Crippen LogP contribution >= 0.6 is 0 Å². The predicted octanol–water partition coefficient (Wildman–Crippen LogP) is 3.12. The van der Waals surface area contributed by atoms with Gasteiger partial charge in [-0.25, -0.2) is 0 Å². The van der Waals surface area contributed by atoms with Gasteiger partial charge in [0, 0.05) is 12.0 Å². The molecule has 3 rings (SSSR count). The number of hydrogen-bond donors (Lipinski definition) is 2. The van der Waals surface area contributed by atoms with Crippen molar-refractivity contribution >= 4 is 17.7 Å². The Hall–Kier alpha value is -4.14. The Morgan fingerprint density at radius 2 is 1.48 bits per heavy atom. The van der Waals surface area contributed by atoms with Crippen LogP contribution in [0.25, 0.3) is 22.4 Å². The highest BCUT2D eigenvalue weighted by molar-refractivity contribution is 5.90. The summed E-state index contributed by atoms with van der Waals surface area (Å²) in [5.74, 6) is -0.155. The number of nitrogens with one attached hydrogen (secondary N) is 1. The van der Waals surface area contributed by atoms with Crippen molar-refractivity contribution < 1.29 is 33.5 Å². The molecule has 33 heavy (non-hydrogen) atoms. The maximum Gasteiger partial charge on any atom is 0.303 e. The molecule has 172 valence electrons. The highest BCUT2D eigenvalue weighted by Gasteiger charge is 2.22. The van der Waals surface area contributed by atoms with E-state index in [1.807, 2.05) is 24.3 Å². The summed E-state index contributed by atoms with van der Waals surface area (Å²) in [5, 5.41) is 15.4. The molecule has 9 heteroatoms. The first-order valence-electron chi connectivity index (χ1n) is 10.2. The Kier molecular flexibility index (Phi) is 7.80. The molecule has 2 N–H and O–H groups in total. The summed E-state index contributed by atoms with van der Waals surface area (Å²) in [4.78, 5) is 34.8. The van der Waals surface area contributed by atoms with E-state index in [4.69, 9.17) is 19.1 Å². The summed E-state index contributed by atoms with van der Waals surface area (Å²) < 4.78 is 16.0. The number of carbonyl (C=O) groups is 3. The lowest BCUT2D eigenvalue weighted by molar-refractivity contribution is -0.138. The van der Waals surface area contributed by atoms with Crippen LogP contribution in [-0.2, 0) is 20.8 Å². The third-order valence-electron chi connectivity index (χ3n) is 4.93. The molecule has 0 bridgehead atoms. The second kappa shape index (κ2) is 10.9. The molecule has 3 aromatic rings. The number of carboxylic acid groups (broad SMARTS) is 1. The standard InChI is InChI=1S/C24H24N2O7/c1-31-18-8-3-15(4-9-18)23-20(13-21(28)25-14-17(27)7-12-22(29)30)33-26-24(23)16-5-10-19(32-2)11-6-16/h3-6,8-11H,7,12-14H2,1-2H3,(H,25,28)(H,29,30). The van der Waals surface area contributed by atoms with Crippen LogP contribution in [0.5, 0.6) is 11.5 Å². The lowest BCUT2D eigenvalue weighted by Gasteiger charge is -2.08. The summed E-state index contributed by atoms with van der Waals surface area (Å²) >= 11 is 0. The van der Waals surface area contributed by atoms with Gasteiger partial charge in [0.1, 0.15) is 17.2 Å². The number of Topliss-reactive ketones (excluding diaryl/α,β-unsaturated/α-hetero) is 1. The van der Waals surface area contributed by atoms with Crippen LogP contribution in [0.2, 0.25) is 0 Å². The average molecular weight is 452 g/mol. The molecule has 1 amide bonds. The number of benzene rings is 2. The van der Waals surface area contributed by atoms with Crippen LogP contribution in [0.1, 0.15) is 18.6 Å². The van der Waals surface area contributed by atoms with Gasteiger partial charge in [0.15, 0.2) is 11.5 Å². The smallest absolute Gasteiger partial charge is 0.303 e. The summed E-state index contributed by atoms with van der Waals surface area (Å²) in [6.45, 7) is -0.247. The molecule has 1 heterocycles. The van der Waals surface area contributed by atoms with Crippen molar-refractivity contribution in [3.8, 4) is 33.9 Å². The van der Waals surface area contributed by atoms with Crippen molar-refractivity contribution in [1.82, 2.24) is 10.5 Å². The van der Waals surface area contributed by atoms with E-state index < -0.39 is 11.9 Å².